The van der Waals surface area contributed by atoms with Crippen LogP contribution < -0.4 is 10.4 Å². The second-order valence-corrected chi connectivity index (χ2v) is 13.5. The molecule has 0 aliphatic rings. The quantitative estimate of drug-likeness (QED) is 0.127. The molecule has 0 fully saturated rings. The zero-order valence-corrected chi connectivity index (χ0v) is 24.4. The van der Waals surface area contributed by atoms with E-state index in [0.717, 1.165) is 24.1 Å². The van der Waals surface area contributed by atoms with Crippen LogP contribution in [0.1, 0.15) is 59.1 Å². The maximum absolute atomic E-state index is 7.33. The van der Waals surface area contributed by atoms with E-state index in [1.54, 1.807) is 0 Å². The highest BCUT2D eigenvalue weighted by Gasteiger charge is 2.27. The summed E-state index contributed by atoms with van der Waals surface area (Å²) < 4.78 is 9.77. The van der Waals surface area contributed by atoms with Crippen molar-refractivity contribution in [3.05, 3.63) is 116 Å². The van der Waals surface area contributed by atoms with Gasteiger partial charge in [-0.05, 0) is 59.3 Å². The van der Waals surface area contributed by atoms with Gasteiger partial charge < -0.3 is 8.99 Å². The molecule has 1 unspecified atom stereocenters. The molecule has 199 valence electrons. The van der Waals surface area contributed by atoms with Crippen LogP contribution in [0, 0.1) is 5.41 Å². The van der Waals surface area contributed by atoms with Crippen LogP contribution in [0.25, 0.3) is 22.2 Å². The summed E-state index contributed by atoms with van der Waals surface area (Å²) in [6.07, 6.45) is 9.49. The Morgan fingerprint density at radius 3 is 2.08 bits per heavy atom. The molecule has 0 N–H and O–H groups in total. The largest absolute Gasteiger partial charge is 0.387 e. The third-order valence-electron chi connectivity index (χ3n) is 7.20. The van der Waals surface area contributed by atoms with Crippen LogP contribution in [0.4, 0.5) is 0 Å². The Bertz CT molecular complexity index is 1400. The van der Waals surface area contributed by atoms with E-state index in [9.17, 15) is 0 Å². The van der Waals surface area contributed by atoms with E-state index < -0.39 is 9.04 Å². The maximum atomic E-state index is 7.33. The zero-order valence-electron chi connectivity index (χ0n) is 23.4. The molecule has 2 aromatic heterocycles. The molecule has 4 heteroatoms. The lowest BCUT2D eigenvalue weighted by molar-refractivity contribution is 0.129. The molecule has 0 saturated carbocycles. The third-order valence-corrected chi connectivity index (χ3v) is 9.42. The van der Waals surface area contributed by atoms with Gasteiger partial charge in [-0.25, -0.2) is 0 Å². The zero-order chi connectivity index (χ0) is 27.1. The lowest BCUT2D eigenvalue weighted by Crippen LogP contribution is -2.46. The van der Waals surface area contributed by atoms with Crippen molar-refractivity contribution >= 4 is 30.3 Å². The van der Waals surface area contributed by atoms with Gasteiger partial charge in [0.2, 0.25) is 0 Å². The van der Waals surface area contributed by atoms with Crippen LogP contribution in [0.3, 0.4) is 0 Å². The predicted octanol–water partition coefficient (Wildman–Crippen LogP) is 8.02. The van der Waals surface area contributed by atoms with Crippen molar-refractivity contribution in [1.29, 1.82) is 0 Å². The highest BCUT2D eigenvalue weighted by Crippen LogP contribution is 2.34. The molecular formula is C35H39N2OSi. The van der Waals surface area contributed by atoms with Crippen LogP contribution >= 0.6 is 0 Å². The van der Waals surface area contributed by atoms with Gasteiger partial charge in [-0.2, -0.15) is 0 Å². The number of unbranched alkanes of at least 4 members (excludes halogenated alkanes) is 2. The van der Waals surface area contributed by atoms with Gasteiger partial charge in [0.15, 0.2) is 0 Å². The predicted molar refractivity (Wildman–Crippen MR) is 166 cm³/mol. The molecular weight excluding hydrogens is 492 g/mol. The van der Waals surface area contributed by atoms with E-state index in [4.69, 9.17) is 4.43 Å². The molecule has 0 amide bonds. The summed E-state index contributed by atoms with van der Waals surface area (Å²) in [5, 5.41) is 3.77. The molecule has 0 saturated heterocycles. The molecule has 0 spiro atoms. The molecule has 0 aliphatic heterocycles. The smallest absolute Gasteiger partial charge is 0.285 e. The third kappa shape index (κ3) is 6.94. The minimum atomic E-state index is -1.49. The highest BCUT2D eigenvalue weighted by atomic mass is 28.3. The van der Waals surface area contributed by atoms with Gasteiger partial charge in [-0.15, -0.1) is 0 Å². The topological polar surface area (TPSA) is 27.1 Å². The molecule has 1 radical (unpaired) electrons. The maximum Gasteiger partial charge on any atom is 0.285 e. The van der Waals surface area contributed by atoms with E-state index in [-0.39, 0.29) is 6.23 Å². The van der Waals surface area contributed by atoms with Crippen LogP contribution in [0.15, 0.2) is 116 Å². The number of hydrogen-bond donors (Lipinski definition) is 0. The van der Waals surface area contributed by atoms with Crippen LogP contribution in [-0.2, 0) is 4.43 Å². The number of hydrogen-bond acceptors (Lipinski definition) is 2. The van der Waals surface area contributed by atoms with Gasteiger partial charge in [-0.3, -0.25) is 4.98 Å². The minimum Gasteiger partial charge on any atom is -0.387 e. The first-order chi connectivity index (χ1) is 19.0. The first-order valence-electron chi connectivity index (χ1n) is 14.1. The molecule has 3 nitrogen and oxygen atoms in total. The Morgan fingerprint density at radius 1 is 0.769 bits per heavy atom. The second kappa shape index (κ2) is 12.6. The number of rotatable bonds is 11. The van der Waals surface area contributed by atoms with E-state index in [0.29, 0.717) is 5.41 Å². The Balaban J connectivity index is 1.55. The van der Waals surface area contributed by atoms with Gasteiger partial charge in [0.1, 0.15) is 6.23 Å². The van der Waals surface area contributed by atoms with Crippen molar-refractivity contribution in [1.82, 2.24) is 9.55 Å². The summed E-state index contributed by atoms with van der Waals surface area (Å²) in [6, 6.07) is 36.7. The number of para-hydroxylation sites is 1. The van der Waals surface area contributed by atoms with Crippen LogP contribution in [-0.4, -0.2) is 18.6 Å². The lowest BCUT2D eigenvalue weighted by Gasteiger charge is -2.28. The van der Waals surface area contributed by atoms with Gasteiger partial charge in [-0.1, -0.05) is 112 Å². The SMILES string of the molecule is CC(C)(C)CCCCCC(O[Si](c1ccccc1)c1ccccc1)n1c(-c2cccnc2)cc2ccccc21. The fraction of sp³-hybridized carbons (Fsp3) is 0.286. The fourth-order valence-corrected chi connectivity index (χ4v) is 7.32. The van der Waals surface area contributed by atoms with Crippen LogP contribution in [0.2, 0.25) is 0 Å². The van der Waals surface area contributed by atoms with Crippen molar-refractivity contribution in [2.45, 2.75) is 59.1 Å². The van der Waals surface area contributed by atoms with Crippen molar-refractivity contribution in [2.24, 2.45) is 5.41 Å². The van der Waals surface area contributed by atoms with Crippen molar-refractivity contribution in [2.75, 3.05) is 0 Å². The van der Waals surface area contributed by atoms with Crippen LogP contribution in [0.5, 0.6) is 0 Å². The minimum absolute atomic E-state index is 0.0935. The molecule has 1 atom stereocenters. The van der Waals surface area contributed by atoms with E-state index in [2.05, 4.69) is 127 Å². The molecule has 0 bridgehead atoms. The van der Waals surface area contributed by atoms with E-state index >= 15 is 0 Å². The average molecular weight is 532 g/mol. The van der Waals surface area contributed by atoms with Gasteiger partial charge in [0.25, 0.3) is 9.04 Å². The number of fused-ring (bicyclic) bond motifs is 1. The molecule has 39 heavy (non-hydrogen) atoms. The Morgan fingerprint density at radius 2 is 1.44 bits per heavy atom. The van der Waals surface area contributed by atoms with Crippen molar-refractivity contribution < 1.29 is 4.43 Å². The van der Waals surface area contributed by atoms with Gasteiger partial charge in [0.05, 0.1) is 11.2 Å². The highest BCUT2D eigenvalue weighted by molar-refractivity contribution is 6.80. The number of aromatic nitrogens is 2. The lowest BCUT2D eigenvalue weighted by atomic mass is 9.89. The van der Waals surface area contributed by atoms with E-state index in [1.807, 2.05) is 18.5 Å². The Hall–Kier alpha value is -3.47. The average Bonchev–Trinajstić information content (AvgIpc) is 3.35. The first-order valence-corrected chi connectivity index (χ1v) is 15.6. The summed E-state index contributed by atoms with van der Waals surface area (Å²) >= 11 is 0. The fourth-order valence-electron chi connectivity index (χ4n) is 5.23. The molecule has 2 heterocycles. The number of benzene rings is 3. The first kappa shape index (κ1) is 27.1. The summed E-state index contributed by atoms with van der Waals surface area (Å²) in [7, 11) is -1.49. The molecule has 3 aromatic carbocycles. The molecule has 5 aromatic rings. The number of pyridine rings is 1. The normalized spacial score (nSPS) is 12.7. The Labute approximate surface area is 235 Å². The van der Waals surface area contributed by atoms with Gasteiger partial charge in [0, 0.05) is 23.3 Å². The number of nitrogens with zero attached hydrogens (tertiary/aromatic N) is 2. The Kier molecular flexibility index (Phi) is 8.75. The molecule has 5 rings (SSSR count). The summed E-state index contributed by atoms with van der Waals surface area (Å²) in [5.41, 5.74) is 3.85. The second-order valence-electron chi connectivity index (χ2n) is 11.5. The van der Waals surface area contributed by atoms with Crippen molar-refractivity contribution in [3.8, 4) is 11.3 Å². The molecule has 0 aliphatic carbocycles. The monoisotopic (exact) mass is 531 g/mol. The summed E-state index contributed by atoms with van der Waals surface area (Å²) in [5.74, 6) is 0. The summed E-state index contributed by atoms with van der Waals surface area (Å²) in [6.45, 7) is 7.00. The van der Waals surface area contributed by atoms with Gasteiger partial charge >= 0.3 is 0 Å². The van der Waals surface area contributed by atoms with Crippen molar-refractivity contribution in [3.63, 3.8) is 0 Å². The summed E-state index contributed by atoms with van der Waals surface area (Å²) in [4.78, 5) is 4.45. The van der Waals surface area contributed by atoms with E-state index in [1.165, 1.54) is 40.5 Å². The standard InChI is InChI=1S/C35H39N2OSi/c1-35(2,3)24-14-6-11-23-34(38-39(30-18-7-4-8-19-30)31-20-9-5-10-21-31)37-32-22-13-12-16-28(32)26-33(37)29-17-15-25-36-27-29/h4-5,7-10,12-13,15-22,25-27,34H,6,11,14,23-24H2,1-3H3.